The zero-order valence-corrected chi connectivity index (χ0v) is 20.6. The van der Waals surface area contributed by atoms with Crippen molar-refractivity contribution in [2.45, 2.75) is 40.2 Å². The first kappa shape index (κ1) is 23.0. The summed E-state index contributed by atoms with van der Waals surface area (Å²) >= 11 is 5.76. The molecule has 1 aromatic heterocycles. The van der Waals surface area contributed by atoms with Crippen molar-refractivity contribution >= 4 is 22.9 Å². The van der Waals surface area contributed by atoms with Crippen LogP contribution in [0.2, 0.25) is 0 Å². The number of aromatic nitrogens is 2. The molecule has 0 aliphatic carbocycles. The smallest absolute Gasteiger partial charge is 0.258 e. The molecule has 0 amide bonds. The molecule has 1 unspecified atom stereocenters. The van der Waals surface area contributed by atoms with Crippen molar-refractivity contribution in [3.05, 3.63) is 71.2 Å². The molecule has 6 nitrogen and oxygen atoms in total. The summed E-state index contributed by atoms with van der Waals surface area (Å²) in [7, 11) is 1.64. The number of nitrogens with one attached hydrogen (secondary N) is 1. The van der Waals surface area contributed by atoms with Crippen molar-refractivity contribution in [3.8, 4) is 17.1 Å². The summed E-state index contributed by atoms with van der Waals surface area (Å²) in [6.45, 7) is 9.39. The van der Waals surface area contributed by atoms with E-state index in [0.717, 1.165) is 41.1 Å². The maximum Gasteiger partial charge on any atom is 0.258 e. The van der Waals surface area contributed by atoms with E-state index in [0.29, 0.717) is 22.7 Å². The van der Waals surface area contributed by atoms with Crippen molar-refractivity contribution in [3.63, 3.8) is 0 Å². The lowest BCUT2D eigenvalue weighted by molar-refractivity contribution is 0.386. The average Bonchev–Trinajstić information content (AvgIpc) is 3.31. The lowest BCUT2D eigenvalue weighted by atomic mass is 9.93. The van der Waals surface area contributed by atoms with Gasteiger partial charge in [0.25, 0.3) is 5.89 Å². The highest BCUT2D eigenvalue weighted by molar-refractivity contribution is 7.80. The number of thiocarbonyl (C=S) groups is 1. The van der Waals surface area contributed by atoms with Crippen molar-refractivity contribution in [2.75, 3.05) is 13.7 Å². The monoisotopic (exact) mass is 462 g/mol. The molecular weight excluding hydrogens is 432 g/mol. The highest BCUT2D eigenvalue weighted by atomic mass is 32.1. The third-order valence-corrected chi connectivity index (χ3v) is 6.19. The van der Waals surface area contributed by atoms with E-state index >= 15 is 0 Å². The van der Waals surface area contributed by atoms with Crippen molar-refractivity contribution in [1.29, 1.82) is 0 Å². The summed E-state index contributed by atoms with van der Waals surface area (Å²) in [6.07, 6.45) is 0.994. The van der Waals surface area contributed by atoms with Crippen LogP contribution in [0.15, 0.2) is 58.8 Å². The van der Waals surface area contributed by atoms with E-state index in [1.54, 1.807) is 7.11 Å². The SMILES string of the molecule is CCc1ccc(C2NC(=S)N(CC(C)C)C(C)=C2c2nc(-c3cccc(OC)c3)no2)cc1. The minimum Gasteiger partial charge on any atom is -0.497 e. The van der Waals surface area contributed by atoms with Gasteiger partial charge in [-0.25, -0.2) is 0 Å². The van der Waals surface area contributed by atoms with E-state index in [1.807, 2.05) is 24.3 Å². The molecule has 1 aliphatic rings. The Kier molecular flexibility index (Phi) is 6.79. The van der Waals surface area contributed by atoms with Crippen molar-refractivity contribution in [1.82, 2.24) is 20.4 Å². The number of methoxy groups -OCH3 is 1. The van der Waals surface area contributed by atoms with Gasteiger partial charge in [0.2, 0.25) is 5.82 Å². The van der Waals surface area contributed by atoms with E-state index < -0.39 is 0 Å². The van der Waals surface area contributed by atoms with E-state index in [-0.39, 0.29) is 6.04 Å². The molecule has 1 aliphatic heterocycles. The molecule has 172 valence electrons. The summed E-state index contributed by atoms with van der Waals surface area (Å²) in [5.74, 6) is 2.19. The van der Waals surface area contributed by atoms with Gasteiger partial charge in [-0.3, -0.25) is 0 Å². The predicted molar refractivity (Wildman–Crippen MR) is 135 cm³/mol. The van der Waals surface area contributed by atoms with Crippen LogP contribution < -0.4 is 10.1 Å². The predicted octanol–water partition coefficient (Wildman–Crippen LogP) is 5.63. The van der Waals surface area contributed by atoms with Crippen LogP contribution in [-0.4, -0.2) is 33.8 Å². The Morgan fingerprint density at radius 1 is 1.18 bits per heavy atom. The Balaban J connectivity index is 1.79. The summed E-state index contributed by atoms with van der Waals surface area (Å²) in [5, 5.41) is 8.51. The van der Waals surface area contributed by atoms with Gasteiger partial charge in [-0.2, -0.15) is 4.98 Å². The third-order valence-electron chi connectivity index (χ3n) is 5.85. The standard InChI is InChI=1S/C26H30N4O2S/c1-6-18-10-12-19(13-11-18)23-22(17(4)30(15-16(2)3)26(33)27-23)25-28-24(29-32-25)20-8-7-9-21(14-20)31-5/h7-14,16,23H,6,15H2,1-5H3,(H,27,33). The van der Waals surface area contributed by atoms with Gasteiger partial charge in [0, 0.05) is 17.8 Å². The number of allylic oxidation sites excluding steroid dienone is 1. The van der Waals surface area contributed by atoms with Crippen LogP contribution in [0, 0.1) is 5.92 Å². The van der Waals surface area contributed by atoms with Gasteiger partial charge >= 0.3 is 0 Å². The number of hydrogen-bond donors (Lipinski definition) is 1. The molecule has 2 aromatic carbocycles. The molecule has 0 spiro atoms. The number of rotatable bonds is 7. The van der Waals surface area contributed by atoms with Gasteiger partial charge in [-0.1, -0.05) is 62.3 Å². The molecule has 0 saturated heterocycles. The number of ether oxygens (including phenoxy) is 1. The molecule has 3 aromatic rings. The fraction of sp³-hybridized carbons (Fsp3) is 0.346. The van der Waals surface area contributed by atoms with Crippen LogP contribution in [0.3, 0.4) is 0 Å². The average molecular weight is 463 g/mol. The van der Waals surface area contributed by atoms with Crippen LogP contribution in [0.25, 0.3) is 17.0 Å². The second-order valence-electron chi connectivity index (χ2n) is 8.64. The first-order valence-electron chi connectivity index (χ1n) is 11.3. The van der Waals surface area contributed by atoms with Gasteiger partial charge in [0.15, 0.2) is 5.11 Å². The summed E-state index contributed by atoms with van der Waals surface area (Å²) in [4.78, 5) is 6.90. The highest BCUT2D eigenvalue weighted by Crippen LogP contribution is 2.38. The van der Waals surface area contributed by atoms with E-state index in [4.69, 9.17) is 26.5 Å². The maximum atomic E-state index is 5.82. The van der Waals surface area contributed by atoms with Gasteiger partial charge in [0.05, 0.1) is 18.7 Å². The molecule has 0 bridgehead atoms. The Morgan fingerprint density at radius 2 is 1.94 bits per heavy atom. The third kappa shape index (κ3) is 4.78. The molecule has 7 heteroatoms. The van der Waals surface area contributed by atoms with Crippen LogP contribution in [-0.2, 0) is 6.42 Å². The highest BCUT2D eigenvalue weighted by Gasteiger charge is 2.34. The number of aryl methyl sites for hydroxylation is 1. The lowest BCUT2D eigenvalue weighted by Crippen LogP contribution is -2.47. The van der Waals surface area contributed by atoms with E-state index in [9.17, 15) is 0 Å². The zero-order chi connectivity index (χ0) is 23.5. The van der Waals surface area contributed by atoms with Crippen LogP contribution in [0.1, 0.15) is 50.8 Å². The molecule has 2 heterocycles. The lowest BCUT2D eigenvalue weighted by Gasteiger charge is -2.38. The number of hydrogen-bond acceptors (Lipinski definition) is 5. The molecule has 1 N–H and O–H groups in total. The molecular formula is C26H30N4O2S. The van der Waals surface area contributed by atoms with Gasteiger partial charge < -0.3 is 19.5 Å². The fourth-order valence-corrected chi connectivity index (χ4v) is 4.38. The molecule has 0 saturated carbocycles. The maximum absolute atomic E-state index is 5.82. The first-order chi connectivity index (χ1) is 15.9. The van der Waals surface area contributed by atoms with Crippen LogP contribution in [0.5, 0.6) is 5.75 Å². The Bertz CT molecular complexity index is 1170. The Morgan fingerprint density at radius 3 is 2.61 bits per heavy atom. The molecule has 4 rings (SSSR count). The largest absolute Gasteiger partial charge is 0.497 e. The van der Waals surface area contributed by atoms with Crippen LogP contribution >= 0.6 is 12.2 Å². The molecule has 1 atom stereocenters. The summed E-state index contributed by atoms with van der Waals surface area (Å²) < 4.78 is 11.2. The Labute approximate surface area is 200 Å². The zero-order valence-electron chi connectivity index (χ0n) is 19.8. The summed E-state index contributed by atoms with van der Waals surface area (Å²) in [6, 6.07) is 16.1. The van der Waals surface area contributed by atoms with Crippen LogP contribution in [0.4, 0.5) is 0 Å². The van der Waals surface area contributed by atoms with Gasteiger partial charge in [0.1, 0.15) is 5.75 Å². The normalized spacial score (nSPS) is 16.4. The fourth-order valence-electron chi connectivity index (χ4n) is 4.05. The van der Waals surface area contributed by atoms with E-state index in [2.05, 4.69) is 67.3 Å². The number of nitrogens with zero attached hydrogens (tertiary/aromatic N) is 3. The molecule has 33 heavy (non-hydrogen) atoms. The summed E-state index contributed by atoms with van der Waals surface area (Å²) in [5.41, 5.74) is 5.20. The van der Waals surface area contributed by atoms with E-state index in [1.165, 1.54) is 5.56 Å². The first-order valence-corrected chi connectivity index (χ1v) is 11.7. The number of benzene rings is 2. The van der Waals surface area contributed by atoms with Crippen molar-refractivity contribution in [2.24, 2.45) is 5.92 Å². The quantitative estimate of drug-likeness (QED) is 0.457. The Hall–Kier alpha value is -3.19. The molecule has 0 radical (unpaired) electrons. The minimum absolute atomic E-state index is 0.176. The second kappa shape index (κ2) is 9.75. The van der Waals surface area contributed by atoms with Gasteiger partial charge in [-0.15, -0.1) is 0 Å². The van der Waals surface area contributed by atoms with Gasteiger partial charge in [-0.05, 0) is 54.7 Å². The van der Waals surface area contributed by atoms with Crippen molar-refractivity contribution < 1.29 is 9.26 Å². The molecule has 0 fully saturated rings. The topological polar surface area (TPSA) is 63.4 Å². The minimum atomic E-state index is -0.176. The second-order valence-corrected chi connectivity index (χ2v) is 9.02.